The summed E-state index contributed by atoms with van der Waals surface area (Å²) in [6, 6.07) is 0. The minimum atomic E-state index is -1.01. The Balaban J connectivity index is 1.92. The average Bonchev–Trinajstić information content (AvgIpc) is 3.07. The van der Waals surface area contributed by atoms with Gasteiger partial charge in [0.05, 0.1) is 16.2 Å². The van der Waals surface area contributed by atoms with Gasteiger partial charge in [-0.3, -0.25) is 4.79 Å². The lowest BCUT2D eigenvalue weighted by atomic mass is 9.76. The van der Waals surface area contributed by atoms with Gasteiger partial charge in [0.15, 0.2) is 0 Å². The summed E-state index contributed by atoms with van der Waals surface area (Å²) in [7, 11) is 0. The molecule has 0 unspecified atom stereocenters. The number of carbonyl (C=O) groups excluding carboxylic acids is 1. The number of rotatable bonds is 0. The van der Waals surface area contributed by atoms with Crippen LogP contribution in [0.3, 0.4) is 0 Å². The Bertz CT molecular complexity index is 576. The van der Waals surface area contributed by atoms with Gasteiger partial charge < -0.3 is 4.74 Å². The number of carbonyl (C=O) groups is 1. The zero-order valence-electron chi connectivity index (χ0n) is 9.50. The van der Waals surface area contributed by atoms with Crippen LogP contribution >= 0.6 is 46.4 Å². The predicted molar refractivity (Wildman–Crippen MR) is 74.3 cm³/mol. The molecular formula is C13H8Cl4O2. The normalized spacial score (nSPS) is 42.2. The molecule has 1 heterocycles. The highest BCUT2D eigenvalue weighted by atomic mass is 35.5. The van der Waals surface area contributed by atoms with Crippen molar-refractivity contribution in [2.24, 2.45) is 17.8 Å². The van der Waals surface area contributed by atoms with E-state index < -0.39 is 11.4 Å². The zero-order valence-corrected chi connectivity index (χ0v) is 12.5. The van der Waals surface area contributed by atoms with Crippen molar-refractivity contribution >= 4 is 52.2 Å². The van der Waals surface area contributed by atoms with E-state index in [4.69, 9.17) is 51.1 Å². The summed E-state index contributed by atoms with van der Waals surface area (Å²) >= 11 is 24.7. The minimum absolute atomic E-state index is 0.0645. The number of hydrogen-bond acceptors (Lipinski definition) is 2. The van der Waals surface area contributed by atoms with E-state index in [1.807, 2.05) is 0 Å². The van der Waals surface area contributed by atoms with E-state index in [0.29, 0.717) is 5.92 Å². The van der Waals surface area contributed by atoms with Crippen molar-refractivity contribution in [1.82, 2.24) is 0 Å². The van der Waals surface area contributed by atoms with Gasteiger partial charge in [-0.15, -0.1) is 0 Å². The third kappa shape index (κ3) is 1.28. The van der Waals surface area contributed by atoms with Gasteiger partial charge in [0.25, 0.3) is 0 Å². The Morgan fingerprint density at radius 3 is 2.26 bits per heavy atom. The summed E-state index contributed by atoms with van der Waals surface area (Å²) in [5, 5.41) is 0.201. The molecule has 2 fully saturated rings. The lowest BCUT2D eigenvalue weighted by molar-refractivity contribution is -0.112. The van der Waals surface area contributed by atoms with Crippen molar-refractivity contribution in [3.8, 4) is 0 Å². The van der Waals surface area contributed by atoms with Crippen molar-refractivity contribution in [2.75, 3.05) is 0 Å². The van der Waals surface area contributed by atoms with Gasteiger partial charge in [-0.25, -0.2) is 0 Å². The van der Waals surface area contributed by atoms with Crippen LogP contribution in [-0.2, 0) is 9.53 Å². The maximum atomic E-state index is 11.8. The van der Waals surface area contributed by atoms with Crippen molar-refractivity contribution in [1.29, 1.82) is 0 Å². The van der Waals surface area contributed by atoms with Crippen LogP contribution in [0.4, 0.5) is 0 Å². The number of hydrogen-bond donors (Lipinski definition) is 0. The second-order valence-electron chi connectivity index (χ2n) is 5.37. The van der Waals surface area contributed by atoms with Crippen LogP contribution in [0.1, 0.15) is 6.42 Å². The highest BCUT2D eigenvalue weighted by Crippen LogP contribution is 2.65. The molecule has 0 aromatic rings. The standard InChI is InChI=1S/C13H8Cl4O2/c14-7-9(18)8(15)12(17)13(11(7)16)6-3-4-1-2-5(6)10(4)19-13/h1-2,4-6,10H,3H2/t4-,5+,6-,10+/m0/s1. The van der Waals surface area contributed by atoms with Crippen LogP contribution in [0, 0.1) is 17.8 Å². The van der Waals surface area contributed by atoms with Crippen LogP contribution < -0.4 is 0 Å². The maximum Gasteiger partial charge on any atom is 0.218 e. The molecule has 1 spiro atoms. The molecule has 4 bridgehead atoms. The molecule has 100 valence electrons. The van der Waals surface area contributed by atoms with Crippen molar-refractivity contribution < 1.29 is 9.53 Å². The third-order valence-electron chi connectivity index (χ3n) is 4.65. The quantitative estimate of drug-likeness (QED) is 0.626. The molecule has 0 amide bonds. The molecule has 4 rings (SSSR count). The second-order valence-corrected chi connectivity index (χ2v) is 6.88. The van der Waals surface area contributed by atoms with E-state index in [1.54, 1.807) is 0 Å². The Kier molecular flexibility index (Phi) is 2.55. The van der Waals surface area contributed by atoms with Gasteiger partial charge in [-0.05, 0) is 6.42 Å². The number of Topliss-reactive ketones (excluding diaryl/α,β-unsaturated/α-hetero) is 1. The van der Waals surface area contributed by atoms with Crippen LogP contribution in [0.5, 0.6) is 0 Å². The van der Waals surface area contributed by atoms with Crippen LogP contribution in [0.15, 0.2) is 32.3 Å². The van der Waals surface area contributed by atoms with Gasteiger partial charge in [0.1, 0.15) is 15.7 Å². The lowest BCUT2D eigenvalue weighted by Crippen LogP contribution is -2.45. The van der Waals surface area contributed by atoms with Crippen LogP contribution in [0.2, 0.25) is 0 Å². The van der Waals surface area contributed by atoms with E-state index in [-0.39, 0.29) is 38.1 Å². The molecule has 4 aliphatic rings. The Morgan fingerprint density at radius 1 is 1.11 bits per heavy atom. The third-order valence-corrected chi connectivity index (χ3v) is 6.51. The van der Waals surface area contributed by atoms with Crippen molar-refractivity contribution in [3.05, 3.63) is 32.3 Å². The number of ether oxygens (including phenoxy) is 1. The summed E-state index contributed by atoms with van der Waals surface area (Å²) in [5.41, 5.74) is -1.01. The first-order valence-electron chi connectivity index (χ1n) is 6.01. The predicted octanol–water partition coefficient (Wildman–Crippen LogP) is 3.91. The number of ketones is 1. The smallest absolute Gasteiger partial charge is 0.218 e. The lowest BCUT2D eigenvalue weighted by Gasteiger charge is -2.41. The van der Waals surface area contributed by atoms with E-state index in [0.717, 1.165) is 6.42 Å². The number of halogens is 4. The second kappa shape index (κ2) is 3.80. The molecule has 0 aromatic carbocycles. The van der Waals surface area contributed by atoms with Crippen LogP contribution in [-0.4, -0.2) is 17.5 Å². The van der Waals surface area contributed by atoms with E-state index in [2.05, 4.69) is 12.2 Å². The van der Waals surface area contributed by atoms with E-state index in [1.165, 1.54) is 0 Å². The first kappa shape index (κ1) is 12.7. The molecule has 4 atom stereocenters. The van der Waals surface area contributed by atoms with Gasteiger partial charge in [0.2, 0.25) is 5.78 Å². The van der Waals surface area contributed by atoms with Crippen LogP contribution in [0.25, 0.3) is 0 Å². The van der Waals surface area contributed by atoms with Gasteiger partial charge in [-0.1, -0.05) is 58.6 Å². The first-order chi connectivity index (χ1) is 8.98. The SMILES string of the molecule is O=C1C(Cl)=C(Cl)C2(O[C@H]3[C@@H]4C=C[C@H]3C[C@@H]42)C(Cl)=C1Cl. The maximum absolute atomic E-state index is 11.8. The first-order valence-corrected chi connectivity index (χ1v) is 7.52. The van der Waals surface area contributed by atoms with Gasteiger partial charge >= 0.3 is 0 Å². The fourth-order valence-electron chi connectivity index (χ4n) is 3.85. The fraction of sp³-hybridized carbons (Fsp3) is 0.462. The van der Waals surface area contributed by atoms with E-state index >= 15 is 0 Å². The van der Waals surface area contributed by atoms with Crippen molar-refractivity contribution in [3.63, 3.8) is 0 Å². The summed E-state index contributed by atoms with van der Waals surface area (Å²) in [6.45, 7) is 0. The summed E-state index contributed by atoms with van der Waals surface area (Å²) in [4.78, 5) is 11.8. The molecule has 0 radical (unpaired) electrons. The number of fused-ring (bicyclic) bond motifs is 1. The summed E-state index contributed by atoms with van der Waals surface area (Å²) in [6.07, 6.45) is 5.31. The molecule has 19 heavy (non-hydrogen) atoms. The molecule has 1 aliphatic heterocycles. The fourth-order valence-corrected chi connectivity index (χ4v) is 5.15. The van der Waals surface area contributed by atoms with Crippen molar-refractivity contribution in [2.45, 2.75) is 18.1 Å². The number of allylic oxidation sites excluding steroid dienone is 2. The average molecular weight is 338 g/mol. The monoisotopic (exact) mass is 336 g/mol. The molecule has 2 nitrogen and oxygen atoms in total. The Morgan fingerprint density at radius 2 is 1.74 bits per heavy atom. The highest BCUT2D eigenvalue weighted by molar-refractivity contribution is 6.61. The summed E-state index contributed by atoms with van der Waals surface area (Å²) < 4.78 is 6.13. The minimum Gasteiger partial charge on any atom is -0.359 e. The molecular weight excluding hydrogens is 330 g/mol. The largest absolute Gasteiger partial charge is 0.359 e. The molecule has 0 N–H and O–H groups in total. The topological polar surface area (TPSA) is 26.3 Å². The zero-order chi connectivity index (χ0) is 13.5. The molecule has 6 heteroatoms. The van der Waals surface area contributed by atoms with Gasteiger partial charge in [0, 0.05) is 17.8 Å². The Labute approximate surface area is 130 Å². The summed E-state index contributed by atoms with van der Waals surface area (Å²) in [5.74, 6) is 0.249. The molecule has 1 saturated heterocycles. The van der Waals surface area contributed by atoms with E-state index in [9.17, 15) is 4.79 Å². The molecule has 1 saturated carbocycles. The Hall–Kier alpha value is 0.01000. The van der Waals surface area contributed by atoms with Gasteiger partial charge in [-0.2, -0.15) is 0 Å². The molecule has 0 aromatic heterocycles. The molecule has 3 aliphatic carbocycles. The highest BCUT2D eigenvalue weighted by Gasteiger charge is 2.67.